The van der Waals surface area contributed by atoms with E-state index in [0.29, 0.717) is 5.69 Å². The number of methoxy groups -OCH3 is 1. The Morgan fingerprint density at radius 3 is 2.95 bits per heavy atom. The summed E-state index contributed by atoms with van der Waals surface area (Å²) in [6.45, 7) is 0. The van der Waals surface area contributed by atoms with Gasteiger partial charge in [0.25, 0.3) is 0 Å². The van der Waals surface area contributed by atoms with Crippen LogP contribution in [0.15, 0.2) is 35.0 Å². The molecule has 0 amide bonds. The van der Waals surface area contributed by atoms with Crippen molar-refractivity contribution in [2.24, 2.45) is 7.05 Å². The van der Waals surface area contributed by atoms with E-state index in [9.17, 15) is 4.79 Å². The Balaban J connectivity index is 2.30. The molecule has 1 N–H and O–H groups in total. The van der Waals surface area contributed by atoms with Crippen molar-refractivity contribution in [1.82, 2.24) is 9.72 Å². The topological polar surface area (TPSA) is 77.5 Å². The van der Waals surface area contributed by atoms with E-state index in [0.717, 1.165) is 16.7 Å². The molecule has 0 saturated heterocycles. The third-order valence-electron chi connectivity index (χ3n) is 3.30. The zero-order valence-corrected chi connectivity index (χ0v) is 11.0. The van der Waals surface area contributed by atoms with Gasteiger partial charge >= 0.3 is 5.97 Å². The van der Waals surface area contributed by atoms with E-state index >= 15 is 0 Å². The van der Waals surface area contributed by atoms with Crippen molar-refractivity contribution in [2.75, 3.05) is 7.11 Å². The molecule has 2 aromatic heterocycles. The minimum absolute atomic E-state index is 0.0369. The number of benzene rings is 1. The lowest BCUT2D eigenvalue weighted by atomic mass is 10.2. The molecule has 2 heterocycles. The predicted molar refractivity (Wildman–Crippen MR) is 71.9 cm³/mol. The Kier molecular flexibility index (Phi) is 2.71. The lowest BCUT2D eigenvalue weighted by Gasteiger charge is -2.03. The van der Waals surface area contributed by atoms with Gasteiger partial charge in [-0.2, -0.15) is 0 Å². The van der Waals surface area contributed by atoms with Gasteiger partial charge in [0.05, 0.1) is 24.5 Å². The van der Waals surface area contributed by atoms with Crippen molar-refractivity contribution < 1.29 is 19.2 Å². The molecule has 0 atom stereocenters. The highest BCUT2D eigenvalue weighted by Gasteiger charge is 2.21. The molecule has 0 spiro atoms. The molecule has 0 bridgehead atoms. The average Bonchev–Trinajstić information content (AvgIpc) is 3.03. The Morgan fingerprint density at radius 1 is 1.45 bits per heavy atom. The van der Waals surface area contributed by atoms with E-state index in [-0.39, 0.29) is 11.3 Å². The lowest BCUT2D eigenvalue weighted by molar-refractivity contribution is 0.0697. The minimum Gasteiger partial charge on any atom is -0.496 e. The number of carboxylic acid groups (broad SMARTS) is 1. The first-order valence-corrected chi connectivity index (χ1v) is 5.94. The lowest BCUT2D eigenvalue weighted by Crippen LogP contribution is -1.98. The maximum atomic E-state index is 11.2. The van der Waals surface area contributed by atoms with Gasteiger partial charge in [0.1, 0.15) is 11.3 Å². The Bertz CT molecular complexity index is 801. The van der Waals surface area contributed by atoms with Crippen LogP contribution in [0, 0.1) is 0 Å². The first-order valence-electron chi connectivity index (χ1n) is 5.94. The first-order chi connectivity index (χ1) is 9.63. The van der Waals surface area contributed by atoms with Crippen LogP contribution in [0.4, 0.5) is 0 Å². The highest BCUT2D eigenvalue weighted by molar-refractivity contribution is 5.97. The van der Waals surface area contributed by atoms with Gasteiger partial charge in [-0.05, 0) is 18.2 Å². The molecule has 0 fully saturated rings. The van der Waals surface area contributed by atoms with Crippen LogP contribution >= 0.6 is 0 Å². The van der Waals surface area contributed by atoms with E-state index in [4.69, 9.17) is 14.4 Å². The van der Waals surface area contributed by atoms with E-state index in [1.807, 2.05) is 35.9 Å². The minimum atomic E-state index is -1.07. The molecule has 6 heteroatoms. The number of aromatic carboxylic acids is 1. The van der Waals surface area contributed by atoms with Gasteiger partial charge in [0.2, 0.25) is 0 Å². The number of hydrogen-bond donors (Lipinski definition) is 1. The Labute approximate surface area is 114 Å². The number of ether oxygens (including phenoxy) is 1. The van der Waals surface area contributed by atoms with Crippen LogP contribution < -0.4 is 4.74 Å². The molecule has 0 radical (unpaired) electrons. The van der Waals surface area contributed by atoms with Gasteiger partial charge in [-0.3, -0.25) is 0 Å². The molecule has 102 valence electrons. The number of hydrogen-bond acceptors (Lipinski definition) is 4. The van der Waals surface area contributed by atoms with Crippen LogP contribution in [0.3, 0.4) is 0 Å². The quantitative estimate of drug-likeness (QED) is 0.792. The average molecular weight is 272 g/mol. The van der Waals surface area contributed by atoms with Gasteiger partial charge in [-0.15, -0.1) is 0 Å². The number of carbonyl (C=O) groups is 1. The summed E-state index contributed by atoms with van der Waals surface area (Å²) < 4.78 is 12.3. The number of aromatic nitrogens is 2. The van der Waals surface area contributed by atoms with Gasteiger partial charge in [0.15, 0.2) is 5.76 Å². The van der Waals surface area contributed by atoms with Gasteiger partial charge in [-0.1, -0.05) is 11.2 Å². The second kappa shape index (κ2) is 4.41. The molecule has 3 aromatic rings. The van der Waals surface area contributed by atoms with E-state index in [1.54, 1.807) is 7.11 Å². The summed E-state index contributed by atoms with van der Waals surface area (Å²) >= 11 is 0. The molecule has 0 aliphatic rings. The largest absolute Gasteiger partial charge is 0.496 e. The van der Waals surface area contributed by atoms with Crippen LogP contribution in [-0.4, -0.2) is 27.9 Å². The van der Waals surface area contributed by atoms with Crippen molar-refractivity contribution in [3.05, 3.63) is 36.0 Å². The van der Waals surface area contributed by atoms with Crippen molar-refractivity contribution >= 4 is 16.9 Å². The summed E-state index contributed by atoms with van der Waals surface area (Å²) in [6.07, 6.45) is 1.20. The first kappa shape index (κ1) is 12.3. The molecule has 6 nitrogen and oxygen atoms in total. The van der Waals surface area contributed by atoms with Crippen LogP contribution in [0.5, 0.6) is 5.75 Å². The van der Waals surface area contributed by atoms with Crippen LogP contribution in [0.1, 0.15) is 10.4 Å². The maximum absolute atomic E-state index is 11.2. The molecule has 1 aromatic carbocycles. The summed E-state index contributed by atoms with van der Waals surface area (Å²) in [5.41, 5.74) is 1.60. The molecule has 0 aliphatic carbocycles. The molecule has 0 aliphatic heterocycles. The van der Waals surface area contributed by atoms with E-state index in [2.05, 4.69) is 5.16 Å². The molecule has 20 heavy (non-hydrogen) atoms. The predicted octanol–water partition coefficient (Wildman–Crippen LogP) is 2.54. The fraction of sp³-hybridized carbons (Fsp3) is 0.143. The summed E-state index contributed by atoms with van der Waals surface area (Å²) in [6, 6.07) is 7.49. The van der Waals surface area contributed by atoms with Gasteiger partial charge in [0, 0.05) is 12.4 Å². The SMILES string of the molecule is COc1cccc2c1cc(-c1oncc1C(=O)O)n2C. The number of rotatable bonds is 3. The zero-order chi connectivity index (χ0) is 14.3. The van der Waals surface area contributed by atoms with Crippen LogP contribution in [-0.2, 0) is 7.05 Å². The third-order valence-corrected chi connectivity index (χ3v) is 3.30. The summed E-state index contributed by atoms with van der Waals surface area (Å²) in [7, 11) is 3.43. The number of fused-ring (bicyclic) bond motifs is 1. The van der Waals surface area contributed by atoms with Gasteiger partial charge < -0.3 is 18.9 Å². The molecule has 3 rings (SSSR count). The maximum Gasteiger partial charge on any atom is 0.341 e. The van der Waals surface area contributed by atoms with E-state index < -0.39 is 5.97 Å². The van der Waals surface area contributed by atoms with Crippen molar-refractivity contribution in [1.29, 1.82) is 0 Å². The highest BCUT2D eigenvalue weighted by atomic mass is 16.5. The van der Waals surface area contributed by atoms with Crippen LogP contribution in [0.25, 0.3) is 22.4 Å². The Hall–Kier alpha value is -2.76. The van der Waals surface area contributed by atoms with Crippen molar-refractivity contribution in [2.45, 2.75) is 0 Å². The molecule has 0 saturated carbocycles. The molecular weight excluding hydrogens is 260 g/mol. The van der Waals surface area contributed by atoms with Crippen molar-refractivity contribution in [3.63, 3.8) is 0 Å². The number of nitrogens with zero attached hydrogens (tertiary/aromatic N) is 2. The standard InChI is InChI=1S/C14H12N2O4/c1-16-10-4-3-5-12(19-2)8(10)6-11(16)13-9(14(17)18)7-15-20-13/h3-7H,1-2H3,(H,17,18). The number of carboxylic acids is 1. The molecule has 0 unspecified atom stereocenters. The summed E-state index contributed by atoms with van der Waals surface area (Å²) in [4.78, 5) is 11.2. The summed E-state index contributed by atoms with van der Waals surface area (Å²) in [5, 5.41) is 13.6. The third kappa shape index (κ3) is 1.65. The fourth-order valence-electron chi connectivity index (χ4n) is 2.31. The van der Waals surface area contributed by atoms with E-state index in [1.165, 1.54) is 6.20 Å². The van der Waals surface area contributed by atoms with Gasteiger partial charge in [-0.25, -0.2) is 4.79 Å². The fourth-order valence-corrected chi connectivity index (χ4v) is 2.31. The number of aryl methyl sites for hydroxylation is 1. The second-order valence-electron chi connectivity index (χ2n) is 4.36. The smallest absolute Gasteiger partial charge is 0.341 e. The Morgan fingerprint density at radius 2 is 2.25 bits per heavy atom. The normalized spacial score (nSPS) is 10.9. The monoisotopic (exact) mass is 272 g/mol. The van der Waals surface area contributed by atoms with Crippen LogP contribution in [0.2, 0.25) is 0 Å². The summed E-state index contributed by atoms with van der Waals surface area (Å²) in [5.74, 6) is -0.113. The molecular formula is C14H12N2O4. The zero-order valence-electron chi connectivity index (χ0n) is 11.0. The van der Waals surface area contributed by atoms with Crippen molar-refractivity contribution in [3.8, 4) is 17.2 Å². The highest BCUT2D eigenvalue weighted by Crippen LogP contribution is 2.34. The second-order valence-corrected chi connectivity index (χ2v) is 4.36.